The summed E-state index contributed by atoms with van der Waals surface area (Å²) in [5, 5.41) is 7.62. The monoisotopic (exact) mass is 309 g/mol. The summed E-state index contributed by atoms with van der Waals surface area (Å²) in [4.78, 5) is 12.0. The Labute approximate surface area is 132 Å². The standard InChI is InChI=1S/C18H16FN3O/c1-11(12-6-8-13(19)9-7-12)22-10-15-17(20-21-18(15)23)14-4-2-3-5-16(14)22/h2-6,8-12H,7H2,1H3,(H,21,23)/t11-,12?/m0/s1. The van der Waals surface area contributed by atoms with Gasteiger partial charge < -0.3 is 4.57 Å². The Hall–Kier alpha value is -2.69. The van der Waals surface area contributed by atoms with Crippen LogP contribution in [0.25, 0.3) is 22.2 Å². The second-order valence-electron chi connectivity index (χ2n) is 5.96. The molecule has 4 nitrogen and oxygen atoms in total. The van der Waals surface area contributed by atoms with Crippen LogP contribution in [-0.2, 0) is 0 Å². The number of rotatable bonds is 2. The molecule has 0 saturated heterocycles. The van der Waals surface area contributed by atoms with Crippen LogP contribution >= 0.6 is 0 Å². The Bertz CT molecular complexity index is 966. The first kappa shape index (κ1) is 13.9. The quantitative estimate of drug-likeness (QED) is 0.782. The number of hydrogen-bond acceptors (Lipinski definition) is 2. The molecule has 1 unspecified atom stereocenters. The lowest BCUT2D eigenvalue weighted by Crippen LogP contribution is -2.18. The van der Waals surface area contributed by atoms with Crippen LogP contribution in [-0.4, -0.2) is 14.8 Å². The molecule has 2 atom stereocenters. The summed E-state index contributed by atoms with van der Waals surface area (Å²) in [6, 6.07) is 8.00. The van der Waals surface area contributed by atoms with Crippen LogP contribution in [0.5, 0.6) is 0 Å². The van der Waals surface area contributed by atoms with E-state index in [4.69, 9.17) is 0 Å². The number of pyridine rings is 1. The van der Waals surface area contributed by atoms with Gasteiger partial charge in [-0.2, -0.15) is 5.10 Å². The minimum absolute atomic E-state index is 0.0965. The number of aromatic nitrogens is 3. The van der Waals surface area contributed by atoms with Crippen molar-refractivity contribution in [1.82, 2.24) is 14.8 Å². The first-order valence-electron chi connectivity index (χ1n) is 7.67. The van der Waals surface area contributed by atoms with Crippen molar-refractivity contribution in [3.8, 4) is 11.3 Å². The number of para-hydroxylation sites is 1. The fraction of sp³-hybridized carbons (Fsp3) is 0.222. The molecule has 0 saturated carbocycles. The molecule has 0 bridgehead atoms. The van der Waals surface area contributed by atoms with Crippen LogP contribution in [0.15, 0.2) is 59.3 Å². The number of benzene rings is 1. The van der Waals surface area contributed by atoms with E-state index in [9.17, 15) is 9.18 Å². The SMILES string of the molecule is C[C@@H](C1C=CC(F)=CC1)n1cc2c(=O)[nH]nc-2c2ccccc21. The summed E-state index contributed by atoms with van der Waals surface area (Å²) >= 11 is 0. The molecule has 2 heterocycles. The van der Waals surface area contributed by atoms with Crippen LogP contribution in [0.3, 0.4) is 0 Å². The van der Waals surface area contributed by atoms with Crippen molar-refractivity contribution in [1.29, 1.82) is 0 Å². The highest BCUT2D eigenvalue weighted by Gasteiger charge is 2.22. The van der Waals surface area contributed by atoms with Crippen molar-refractivity contribution in [3.05, 3.63) is 64.9 Å². The van der Waals surface area contributed by atoms with Crippen molar-refractivity contribution in [2.45, 2.75) is 19.4 Å². The first-order valence-corrected chi connectivity index (χ1v) is 7.67. The minimum atomic E-state index is -0.185. The van der Waals surface area contributed by atoms with Gasteiger partial charge in [-0.05, 0) is 31.6 Å². The van der Waals surface area contributed by atoms with E-state index < -0.39 is 0 Å². The van der Waals surface area contributed by atoms with E-state index in [0.717, 1.165) is 10.9 Å². The van der Waals surface area contributed by atoms with Gasteiger partial charge in [0.15, 0.2) is 0 Å². The van der Waals surface area contributed by atoms with Gasteiger partial charge in [0.05, 0.1) is 11.1 Å². The molecule has 3 aliphatic rings. The maximum atomic E-state index is 13.2. The second kappa shape index (κ2) is 5.19. The topological polar surface area (TPSA) is 50.7 Å². The van der Waals surface area contributed by atoms with Crippen molar-refractivity contribution in [2.24, 2.45) is 5.92 Å². The lowest BCUT2D eigenvalue weighted by Gasteiger charge is -2.27. The maximum absolute atomic E-state index is 13.2. The molecule has 2 aliphatic heterocycles. The molecule has 1 N–H and O–H groups in total. The molecule has 0 amide bonds. The van der Waals surface area contributed by atoms with E-state index in [0.29, 0.717) is 17.7 Å². The molecule has 0 aromatic heterocycles. The number of hydrogen-bond donors (Lipinski definition) is 1. The van der Waals surface area contributed by atoms with Gasteiger partial charge >= 0.3 is 0 Å². The molecule has 23 heavy (non-hydrogen) atoms. The fourth-order valence-corrected chi connectivity index (χ4v) is 3.28. The summed E-state index contributed by atoms with van der Waals surface area (Å²) in [7, 11) is 0. The third-order valence-corrected chi connectivity index (χ3v) is 4.62. The predicted molar refractivity (Wildman–Crippen MR) is 88.1 cm³/mol. The van der Waals surface area contributed by atoms with Gasteiger partial charge in [-0.1, -0.05) is 24.3 Å². The third-order valence-electron chi connectivity index (χ3n) is 4.62. The number of fused-ring (bicyclic) bond motifs is 3. The molecule has 0 spiro atoms. The average molecular weight is 309 g/mol. The summed E-state index contributed by atoms with van der Waals surface area (Å²) in [5.74, 6) is -0.00204. The molecule has 116 valence electrons. The van der Waals surface area contributed by atoms with E-state index in [1.807, 2.05) is 36.5 Å². The number of H-pyrrole nitrogens is 1. The van der Waals surface area contributed by atoms with Crippen LogP contribution in [0.4, 0.5) is 4.39 Å². The number of aromatic amines is 1. The average Bonchev–Trinajstić information content (AvgIpc) is 2.95. The second-order valence-corrected chi connectivity index (χ2v) is 5.96. The Morgan fingerprint density at radius 1 is 1.39 bits per heavy atom. The molecule has 4 rings (SSSR count). The molecule has 5 heteroatoms. The minimum Gasteiger partial charge on any atom is -0.343 e. The number of allylic oxidation sites excluding steroid dienone is 4. The molecule has 0 fully saturated rings. The molecule has 1 aromatic carbocycles. The largest absolute Gasteiger partial charge is 0.343 e. The number of nitrogens with zero attached hydrogens (tertiary/aromatic N) is 2. The zero-order valence-electron chi connectivity index (χ0n) is 12.7. The van der Waals surface area contributed by atoms with E-state index in [2.05, 4.69) is 21.7 Å². The van der Waals surface area contributed by atoms with E-state index in [1.165, 1.54) is 6.08 Å². The normalized spacial score (nSPS) is 19.2. The van der Waals surface area contributed by atoms with Gasteiger partial charge in [0.2, 0.25) is 0 Å². The summed E-state index contributed by atoms with van der Waals surface area (Å²) in [6.07, 6.45) is 7.54. The van der Waals surface area contributed by atoms with E-state index in [1.54, 1.807) is 6.08 Å². The van der Waals surface area contributed by atoms with Gasteiger partial charge in [-0.15, -0.1) is 0 Å². The zero-order valence-corrected chi connectivity index (χ0v) is 12.7. The Morgan fingerprint density at radius 3 is 3.00 bits per heavy atom. The Morgan fingerprint density at radius 2 is 2.22 bits per heavy atom. The highest BCUT2D eigenvalue weighted by atomic mass is 19.1. The van der Waals surface area contributed by atoms with Crippen molar-refractivity contribution in [3.63, 3.8) is 0 Å². The zero-order chi connectivity index (χ0) is 16.0. The van der Waals surface area contributed by atoms with Crippen molar-refractivity contribution in [2.75, 3.05) is 0 Å². The maximum Gasteiger partial charge on any atom is 0.275 e. The highest BCUT2D eigenvalue weighted by molar-refractivity contribution is 5.93. The highest BCUT2D eigenvalue weighted by Crippen LogP contribution is 2.33. The molecule has 1 aliphatic carbocycles. The molecule has 0 radical (unpaired) electrons. The molecule has 1 aromatic rings. The Kier molecular flexibility index (Phi) is 3.15. The third kappa shape index (κ3) is 2.20. The van der Waals surface area contributed by atoms with Gasteiger partial charge in [0.25, 0.3) is 5.56 Å². The van der Waals surface area contributed by atoms with Crippen LogP contribution in [0.2, 0.25) is 0 Å². The van der Waals surface area contributed by atoms with Crippen LogP contribution < -0.4 is 5.56 Å². The van der Waals surface area contributed by atoms with Crippen LogP contribution in [0, 0.1) is 5.92 Å². The van der Waals surface area contributed by atoms with E-state index in [-0.39, 0.29) is 23.3 Å². The van der Waals surface area contributed by atoms with Gasteiger partial charge in [0.1, 0.15) is 11.5 Å². The number of nitrogens with one attached hydrogen (secondary N) is 1. The summed E-state index contributed by atoms with van der Waals surface area (Å²) in [6.45, 7) is 2.09. The van der Waals surface area contributed by atoms with Gasteiger partial charge in [0, 0.05) is 23.5 Å². The smallest absolute Gasteiger partial charge is 0.275 e. The lowest BCUT2D eigenvalue weighted by atomic mass is 9.92. The van der Waals surface area contributed by atoms with Crippen molar-refractivity contribution < 1.29 is 4.39 Å². The summed E-state index contributed by atoms with van der Waals surface area (Å²) < 4.78 is 15.3. The molecular weight excluding hydrogens is 293 g/mol. The molecular formula is C18H16FN3O. The van der Waals surface area contributed by atoms with Gasteiger partial charge in [-0.25, -0.2) is 9.49 Å². The first-order chi connectivity index (χ1) is 11.1. The number of halogens is 1. The van der Waals surface area contributed by atoms with Gasteiger partial charge in [-0.3, -0.25) is 4.79 Å². The Balaban J connectivity index is 1.91. The fourth-order valence-electron chi connectivity index (χ4n) is 3.28. The lowest BCUT2D eigenvalue weighted by molar-refractivity contribution is 0.420. The van der Waals surface area contributed by atoms with E-state index >= 15 is 0 Å². The summed E-state index contributed by atoms with van der Waals surface area (Å²) in [5.41, 5.74) is 2.11. The predicted octanol–water partition coefficient (Wildman–Crippen LogP) is 3.82. The van der Waals surface area contributed by atoms with Crippen molar-refractivity contribution >= 4 is 10.9 Å². The van der Waals surface area contributed by atoms with Crippen LogP contribution in [0.1, 0.15) is 19.4 Å².